The quantitative estimate of drug-likeness (QED) is 0.704. The molecule has 0 atom stereocenters. The van der Waals surface area contributed by atoms with Gasteiger partial charge in [0.1, 0.15) is 5.82 Å². The normalized spacial score (nSPS) is 11.0. The van der Waals surface area contributed by atoms with Gasteiger partial charge in [-0.2, -0.15) is 0 Å². The number of pyridine rings is 1. The molecule has 0 spiro atoms. The second-order valence-corrected chi connectivity index (χ2v) is 7.85. The van der Waals surface area contributed by atoms with Crippen molar-refractivity contribution in [2.75, 3.05) is 10.0 Å². The van der Waals surface area contributed by atoms with Crippen LogP contribution in [0, 0.1) is 13.8 Å². The third kappa shape index (κ3) is 4.71. The van der Waals surface area contributed by atoms with Gasteiger partial charge in [-0.1, -0.05) is 23.8 Å². The highest BCUT2D eigenvalue weighted by Gasteiger charge is 2.17. The molecule has 1 amide bonds. The molecule has 0 saturated heterocycles. The van der Waals surface area contributed by atoms with Crippen LogP contribution in [0.3, 0.4) is 0 Å². The molecular formula is C20H19N3O3S. The second-order valence-electron chi connectivity index (χ2n) is 6.17. The SMILES string of the molecule is Cc1ccc(NS(=O)(=O)c2cccc(C(=O)Nc3cc(C)ccn3)c2)cc1. The molecule has 0 aliphatic heterocycles. The van der Waals surface area contributed by atoms with Gasteiger partial charge in [0.05, 0.1) is 4.90 Å². The highest BCUT2D eigenvalue weighted by atomic mass is 32.2. The first-order valence-corrected chi connectivity index (χ1v) is 9.75. The molecular weight excluding hydrogens is 362 g/mol. The van der Waals surface area contributed by atoms with Gasteiger partial charge in [0.15, 0.2) is 0 Å². The largest absolute Gasteiger partial charge is 0.307 e. The van der Waals surface area contributed by atoms with Crippen LogP contribution in [0.1, 0.15) is 21.5 Å². The van der Waals surface area contributed by atoms with E-state index in [0.717, 1.165) is 11.1 Å². The monoisotopic (exact) mass is 381 g/mol. The predicted octanol–water partition coefficient (Wildman–Crippen LogP) is 3.75. The molecule has 0 unspecified atom stereocenters. The number of aromatic nitrogens is 1. The minimum absolute atomic E-state index is 0.00734. The first-order chi connectivity index (χ1) is 12.8. The fraction of sp³-hybridized carbons (Fsp3) is 0.100. The summed E-state index contributed by atoms with van der Waals surface area (Å²) in [5.41, 5.74) is 2.67. The van der Waals surface area contributed by atoms with E-state index in [1.807, 2.05) is 32.0 Å². The molecule has 2 aromatic carbocycles. The molecule has 6 nitrogen and oxygen atoms in total. The van der Waals surface area contributed by atoms with E-state index >= 15 is 0 Å². The summed E-state index contributed by atoms with van der Waals surface area (Å²) in [6.45, 7) is 3.81. The van der Waals surface area contributed by atoms with Crippen molar-refractivity contribution in [1.29, 1.82) is 0 Å². The number of carbonyl (C=O) groups excluding carboxylic acids is 1. The molecule has 2 N–H and O–H groups in total. The van der Waals surface area contributed by atoms with Crippen LogP contribution in [-0.2, 0) is 10.0 Å². The zero-order chi connectivity index (χ0) is 19.4. The third-order valence-electron chi connectivity index (χ3n) is 3.87. The maximum atomic E-state index is 12.6. The zero-order valence-corrected chi connectivity index (χ0v) is 15.7. The van der Waals surface area contributed by atoms with Crippen molar-refractivity contribution in [1.82, 2.24) is 4.98 Å². The summed E-state index contributed by atoms with van der Waals surface area (Å²) in [4.78, 5) is 16.5. The summed E-state index contributed by atoms with van der Waals surface area (Å²) in [6, 6.07) is 16.4. The van der Waals surface area contributed by atoms with E-state index in [2.05, 4.69) is 15.0 Å². The number of anilines is 2. The Morgan fingerprint density at radius 3 is 2.37 bits per heavy atom. The van der Waals surface area contributed by atoms with Crippen molar-refractivity contribution < 1.29 is 13.2 Å². The lowest BCUT2D eigenvalue weighted by molar-refractivity contribution is 0.102. The Kier molecular flexibility index (Phi) is 5.23. The molecule has 1 heterocycles. The molecule has 0 radical (unpaired) electrons. The fourth-order valence-corrected chi connectivity index (χ4v) is 3.54. The van der Waals surface area contributed by atoms with E-state index in [9.17, 15) is 13.2 Å². The lowest BCUT2D eigenvalue weighted by atomic mass is 10.2. The number of hydrogen-bond acceptors (Lipinski definition) is 4. The minimum Gasteiger partial charge on any atom is -0.307 e. The second kappa shape index (κ2) is 7.59. The predicted molar refractivity (Wildman–Crippen MR) is 105 cm³/mol. The highest BCUT2D eigenvalue weighted by Crippen LogP contribution is 2.18. The van der Waals surface area contributed by atoms with Gasteiger partial charge in [-0.05, 0) is 61.9 Å². The van der Waals surface area contributed by atoms with E-state index in [-0.39, 0.29) is 10.5 Å². The number of amides is 1. The van der Waals surface area contributed by atoms with Crippen LogP contribution in [0.25, 0.3) is 0 Å². The Morgan fingerprint density at radius 1 is 0.926 bits per heavy atom. The standard InChI is InChI=1S/C20H19N3O3S/c1-14-6-8-17(9-7-14)23-27(25,26)18-5-3-4-16(13-18)20(24)22-19-12-15(2)10-11-21-19/h3-13,23H,1-2H3,(H,21,22,24). The average Bonchev–Trinajstić information content (AvgIpc) is 2.63. The number of carbonyl (C=O) groups is 1. The van der Waals surface area contributed by atoms with Crippen molar-refractivity contribution in [2.45, 2.75) is 18.7 Å². The Labute approximate surface area is 158 Å². The van der Waals surface area contributed by atoms with Crippen molar-refractivity contribution >= 4 is 27.4 Å². The Bertz CT molecular complexity index is 1080. The van der Waals surface area contributed by atoms with Gasteiger partial charge in [-0.3, -0.25) is 9.52 Å². The molecule has 1 aromatic heterocycles. The molecule has 0 fully saturated rings. The number of rotatable bonds is 5. The molecule has 7 heteroatoms. The van der Waals surface area contributed by atoms with Gasteiger partial charge >= 0.3 is 0 Å². The minimum atomic E-state index is -3.81. The van der Waals surface area contributed by atoms with Crippen LogP contribution in [0.2, 0.25) is 0 Å². The molecule has 0 aliphatic carbocycles. The number of aryl methyl sites for hydroxylation is 2. The summed E-state index contributed by atoms with van der Waals surface area (Å²) in [6.07, 6.45) is 1.59. The van der Waals surface area contributed by atoms with Crippen LogP contribution in [0.4, 0.5) is 11.5 Å². The number of benzene rings is 2. The fourth-order valence-electron chi connectivity index (χ4n) is 2.43. The zero-order valence-electron chi connectivity index (χ0n) is 14.9. The topological polar surface area (TPSA) is 88.2 Å². The highest BCUT2D eigenvalue weighted by molar-refractivity contribution is 7.92. The van der Waals surface area contributed by atoms with E-state index in [0.29, 0.717) is 11.5 Å². The Balaban J connectivity index is 1.81. The lowest BCUT2D eigenvalue weighted by Crippen LogP contribution is -2.16. The van der Waals surface area contributed by atoms with Crippen LogP contribution in [0.5, 0.6) is 0 Å². The maximum Gasteiger partial charge on any atom is 0.261 e. The van der Waals surface area contributed by atoms with Crippen LogP contribution < -0.4 is 10.0 Å². The van der Waals surface area contributed by atoms with Gasteiger partial charge in [0.2, 0.25) is 0 Å². The average molecular weight is 381 g/mol. The summed E-state index contributed by atoms with van der Waals surface area (Å²) in [5, 5.41) is 2.67. The van der Waals surface area contributed by atoms with Crippen LogP contribution in [-0.4, -0.2) is 19.3 Å². The first kappa shape index (κ1) is 18.6. The Morgan fingerprint density at radius 2 is 1.67 bits per heavy atom. The Hall–Kier alpha value is -3.19. The van der Waals surface area contributed by atoms with Gasteiger partial charge in [0.25, 0.3) is 15.9 Å². The van der Waals surface area contributed by atoms with Crippen molar-refractivity contribution in [3.05, 3.63) is 83.6 Å². The maximum absolute atomic E-state index is 12.6. The molecule has 0 aliphatic rings. The number of hydrogen-bond donors (Lipinski definition) is 2. The number of nitrogens with zero attached hydrogens (tertiary/aromatic N) is 1. The van der Waals surface area contributed by atoms with Gasteiger partial charge in [-0.15, -0.1) is 0 Å². The number of sulfonamides is 1. The first-order valence-electron chi connectivity index (χ1n) is 8.27. The van der Waals surface area contributed by atoms with Crippen LogP contribution >= 0.6 is 0 Å². The smallest absolute Gasteiger partial charge is 0.261 e. The van der Waals surface area contributed by atoms with E-state index in [4.69, 9.17) is 0 Å². The lowest BCUT2D eigenvalue weighted by Gasteiger charge is -2.10. The summed E-state index contributed by atoms with van der Waals surface area (Å²) in [7, 11) is -3.81. The number of nitrogens with one attached hydrogen (secondary N) is 2. The van der Waals surface area contributed by atoms with E-state index in [1.165, 1.54) is 18.2 Å². The van der Waals surface area contributed by atoms with Gasteiger partial charge in [0, 0.05) is 17.4 Å². The van der Waals surface area contributed by atoms with Gasteiger partial charge in [-0.25, -0.2) is 13.4 Å². The van der Waals surface area contributed by atoms with E-state index < -0.39 is 15.9 Å². The summed E-state index contributed by atoms with van der Waals surface area (Å²) < 4.78 is 27.7. The molecule has 3 rings (SSSR count). The third-order valence-corrected chi connectivity index (χ3v) is 5.25. The van der Waals surface area contributed by atoms with Gasteiger partial charge < -0.3 is 5.32 Å². The van der Waals surface area contributed by atoms with Crippen molar-refractivity contribution in [3.8, 4) is 0 Å². The molecule has 27 heavy (non-hydrogen) atoms. The summed E-state index contributed by atoms with van der Waals surface area (Å²) in [5.74, 6) is -0.0217. The van der Waals surface area contributed by atoms with Crippen molar-refractivity contribution in [3.63, 3.8) is 0 Å². The van der Waals surface area contributed by atoms with Crippen LogP contribution in [0.15, 0.2) is 71.8 Å². The molecule has 0 saturated carbocycles. The molecule has 0 bridgehead atoms. The molecule has 3 aromatic rings. The van der Waals surface area contributed by atoms with E-state index in [1.54, 1.807) is 30.5 Å². The molecule has 138 valence electrons. The van der Waals surface area contributed by atoms with Crippen molar-refractivity contribution in [2.24, 2.45) is 0 Å². The summed E-state index contributed by atoms with van der Waals surface area (Å²) >= 11 is 0.